The molecule has 2 aromatic heterocycles. The summed E-state index contributed by atoms with van der Waals surface area (Å²) in [5.41, 5.74) is 17.0. The minimum Gasteiger partial charge on any atom is -0.496 e. The largest absolute Gasteiger partial charge is 0.496 e. The standard InChI is InChI=1S/C44H61N9O7/c1-4-5-24-59-42-48-39(46)38-40(49-42)53(43(57)47-38)29-34-15-12-32(27-36(34)58-3)28-51-20-16-44(17-21-51)18-22-52(23-19-44)37(54)9-7-6-8-25-60-50-30(2)33-13-10-31(11-14-33)26-35(45)41(55)56/h10-15,27,35H,4-9,16-26,28-29,45H2,1-3H3,(H,47,57)(H,55,56)(H2,46,48,49)/b50-30-/t35-/m0/s1. The zero-order valence-electron chi connectivity index (χ0n) is 35.3. The van der Waals surface area contributed by atoms with E-state index in [4.69, 9.17) is 30.9 Å². The summed E-state index contributed by atoms with van der Waals surface area (Å²) in [4.78, 5) is 58.7. The van der Waals surface area contributed by atoms with Gasteiger partial charge in [0.2, 0.25) is 5.91 Å². The van der Waals surface area contributed by atoms with Crippen molar-refractivity contribution in [2.24, 2.45) is 16.3 Å². The number of nitrogens with two attached hydrogens (primary N) is 2. The number of rotatable bonds is 20. The van der Waals surface area contributed by atoms with E-state index in [0.29, 0.717) is 42.0 Å². The van der Waals surface area contributed by atoms with Gasteiger partial charge >= 0.3 is 17.7 Å². The summed E-state index contributed by atoms with van der Waals surface area (Å²) < 4.78 is 13.0. The van der Waals surface area contributed by atoms with E-state index in [1.165, 1.54) is 4.57 Å². The summed E-state index contributed by atoms with van der Waals surface area (Å²) >= 11 is 0. The molecule has 324 valence electrons. The van der Waals surface area contributed by atoms with E-state index < -0.39 is 12.0 Å². The fourth-order valence-corrected chi connectivity index (χ4v) is 8.11. The number of hydrogen-bond acceptors (Lipinski definition) is 12. The zero-order valence-corrected chi connectivity index (χ0v) is 35.3. The predicted molar refractivity (Wildman–Crippen MR) is 230 cm³/mol. The van der Waals surface area contributed by atoms with E-state index in [1.807, 2.05) is 37.3 Å². The van der Waals surface area contributed by atoms with Gasteiger partial charge < -0.3 is 40.8 Å². The SMILES string of the molecule is CCCCOc1nc(N)c2[nH]c(=O)n(Cc3ccc(CN4CCC5(CC4)CCN(C(=O)CCCCCO/N=C(/C)c4ccc(C[C@H](N)C(=O)O)cc4)CC5)cc3OC)c2n1. The van der Waals surface area contributed by atoms with Gasteiger partial charge in [-0.25, -0.2) is 4.79 Å². The third-order valence-electron chi connectivity index (χ3n) is 12.0. The smallest absolute Gasteiger partial charge is 0.328 e. The fraction of sp³-hybridized carbons (Fsp3) is 0.545. The van der Waals surface area contributed by atoms with Crippen molar-refractivity contribution in [1.29, 1.82) is 0 Å². The Bertz CT molecular complexity index is 2150. The minimum absolute atomic E-state index is 0.153. The van der Waals surface area contributed by atoms with E-state index in [9.17, 15) is 14.4 Å². The first kappa shape index (κ1) is 44.1. The van der Waals surface area contributed by atoms with Gasteiger partial charge in [0.25, 0.3) is 0 Å². The van der Waals surface area contributed by atoms with Crippen molar-refractivity contribution in [3.63, 3.8) is 0 Å². The normalized spacial score (nSPS) is 16.3. The monoisotopic (exact) mass is 827 g/mol. The lowest BCUT2D eigenvalue weighted by Gasteiger charge is -2.47. The van der Waals surface area contributed by atoms with Crippen LogP contribution in [0.15, 0.2) is 52.4 Å². The molecule has 0 radical (unpaired) electrons. The number of aromatic nitrogens is 4. The molecule has 2 aliphatic rings. The number of fused-ring (bicyclic) bond motifs is 1. The molecule has 2 fully saturated rings. The van der Waals surface area contributed by atoms with Gasteiger partial charge in [0.05, 0.1) is 26.0 Å². The second kappa shape index (κ2) is 20.7. The van der Waals surface area contributed by atoms with Crippen LogP contribution in [-0.4, -0.2) is 105 Å². The number of imidazole rings is 1. The Balaban J connectivity index is 0.893. The topological polar surface area (TPSA) is 217 Å². The number of nitrogen functional groups attached to an aromatic ring is 1. The number of oxime groups is 1. The van der Waals surface area contributed by atoms with Crippen LogP contribution in [0.3, 0.4) is 0 Å². The van der Waals surface area contributed by atoms with Crippen molar-refractivity contribution >= 4 is 34.6 Å². The van der Waals surface area contributed by atoms with E-state index in [1.54, 1.807) is 7.11 Å². The molecule has 0 saturated carbocycles. The average Bonchev–Trinajstić information content (AvgIpc) is 3.56. The number of anilines is 1. The zero-order chi connectivity index (χ0) is 42.6. The highest BCUT2D eigenvalue weighted by atomic mass is 16.6. The van der Waals surface area contributed by atoms with Gasteiger partial charge in [0, 0.05) is 31.6 Å². The molecule has 16 nitrogen and oxygen atoms in total. The summed E-state index contributed by atoms with van der Waals surface area (Å²) in [6.07, 6.45) is 9.55. The lowest BCUT2D eigenvalue weighted by atomic mass is 9.71. The highest BCUT2D eigenvalue weighted by Gasteiger charge is 2.38. The van der Waals surface area contributed by atoms with E-state index in [2.05, 4.69) is 49.0 Å². The van der Waals surface area contributed by atoms with Crippen LogP contribution < -0.4 is 26.6 Å². The fourth-order valence-electron chi connectivity index (χ4n) is 8.11. The second-order valence-corrected chi connectivity index (χ2v) is 16.3. The van der Waals surface area contributed by atoms with Gasteiger partial charge in [-0.15, -0.1) is 0 Å². The summed E-state index contributed by atoms with van der Waals surface area (Å²) in [5.74, 6) is 0.101. The van der Waals surface area contributed by atoms with Crippen LogP contribution >= 0.6 is 0 Å². The van der Waals surface area contributed by atoms with Crippen LogP contribution in [0.2, 0.25) is 0 Å². The summed E-state index contributed by atoms with van der Waals surface area (Å²) in [5, 5.41) is 13.2. The average molecular weight is 828 g/mol. The van der Waals surface area contributed by atoms with Crippen molar-refractivity contribution in [1.82, 2.24) is 29.3 Å². The molecule has 4 heterocycles. The Hall–Kier alpha value is -5.48. The van der Waals surface area contributed by atoms with Gasteiger partial charge in [0.15, 0.2) is 11.5 Å². The first-order valence-corrected chi connectivity index (χ1v) is 21.3. The molecule has 6 rings (SSSR count). The molecule has 2 aromatic carbocycles. The quantitative estimate of drug-likeness (QED) is 0.0520. The number of nitrogens with one attached hydrogen (secondary N) is 1. The van der Waals surface area contributed by atoms with Crippen LogP contribution in [0.1, 0.15) is 100 Å². The van der Waals surface area contributed by atoms with Gasteiger partial charge in [-0.3, -0.25) is 19.1 Å². The maximum atomic E-state index is 13.1. The molecule has 60 heavy (non-hydrogen) atoms. The van der Waals surface area contributed by atoms with Crippen LogP contribution in [-0.2, 0) is 33.9 Å². The number of H-pyrrole nitrogens is 1. The number of aromatic amines is 1. The molecular weight excluding hydrogens is 767 g/mol. The summed E-state index contributed by atoms with van der Waals surface area (Å²) in [7, 11) is 1.65. The number of carbonyl (C=O) groups is 2. The molecule has 1 atom stereocenters. The number of aliphatic carboxylic acids is 1. The molecule has 0 aliphatic carbocycles. The number of ether oxygens (including phenoxy) is 2. The maximum absolute atomic E-state index is 13.1. The second-order valence-electron chi connectivity index (χ2n) is 16.3. The number of nitrogens with zero attached hydrogens (tertiary/aromatic N) is 6. The molecular formula is C44H61N9O7. The maximum Gasteiger partial charge on any atom is 0.328 e. The van der Waals surface area contributed by atoms with Gasteiger partial charge in [-0.05, 0) is 106 Å². The van der Waals surface area contributed by atoms with Crippen molar-refractivity contribution in [2.75, 3.05) is 52.2 Å². The predicted octanol–water partition coefficient (Wildman–Crippen LogP) is 5.10. The number of carboxylic acid groups (broad SMARTS) is 1. The summed E-state index contributed by atoms with van der Waals surface area (Å²) in [6.45, 7) is 9.63. The van der Waals surface area contributed by atoms with Gasteiger partial charge in [0.1, 0.15) is 23.9 Å². The van der Waals surface area contributed by atoms with Crippen molar-refractivity contribution in [2.45, 2.75) is 104 Å². The van der Waals surface area contributed by atoms with Crippen LogP contribution in [0.5, 0.6) is 11.8 Å². The van der Waals surface area contributed by atoms with Gasteiger partial charge in [-0.2, -0.15) is 9.97 Å². The first-order valence-electron chi connectivity index (χ1n) is 21.3. The molecule has 0 unspecified atom stereocenters. The third-order valence-corrected chi connectivity index (χ3v) is 12.0. The van der Waals surface area contributed by atoms with Crippen molar-refractivity contribution < 1.29 is 29.0 Å². The van der Waals surface area contributed by atoms with Crippen LogP contribution in [0.25, 0.3) is 11.2 Å². The molecule has 6 N–H and O–H groups in total. The Kier molecular flexibility index (Phi) is 15.2. The molecule has 1 spiro atoms. The van der Waals surface area contributed by atoms with Crippen molar-refractivity contribution in [3.05, 3.63) is 75.2 Å². The van der Waals surface area contributed by atoms with Crippen LogP contribution in [0.4, 0.5) is 5.82 Å². The first-order chi connectivity index (χ1) is 29.0. The number of likely N-dealkylation sites (tertiary alicyclic amines) is 2. The van der Waals surface area contributed by atoms with Crippen LogP contribution in [0, 0.1) is 5.41 Å². The van der Waals surface area contributed by atoms with Crippen molar-refractivity contribution in [3.8, 4) is 11.8 Å². The van der Waals surface area contributed by atoms with E-state index in [0.717, 1.165) is 118 Å². The number of benzene rings is 2. The number of piperidine rings is 2. The Labute approximate surface area is 351 Å². The molecule has 1 amide bonds. The number of unbranched alkanes of at least 4 members (excludes halogenated alkanes) is 3. The molecule has 4 aromatic rings. The minimum atomic E-state index is -1.02. The number of carbonyl (C=O) groups excluding carboxylic acids is 1. The number of carboxylic acids is 1. The number of methoxy groups -OCH3 is 1. The lowest BCUT2D eigenvalue weighted by Crippen LogP contribution is -2.48. The van der Waals surface area contributed by atoms with E-state index >= 15 is 0 Å². The summed E-state index contributed by atoms with van der Waals surface area (Å²) in [6, 6.07) is 12.9. The third kappa shape index (κ3) is 11.4. The highest BCUT2D eigenvalue weighted by molar-refractivity contribution is 5.98. The Morgan fingerprint density at radius 3 is 2.37 bits per heavy atom. The molecule has 16 heteroatoms. The molecule has 2 saturated heterocycles. The number of amides is 1. The Morgan fingerprint density at radius 1 is 0.950 bits per heavy atom. The lowest BCUT2D eigenvalue weighted by molar-refractivity contribution is -0.138. The van der Waals surface area contributed by atoms with E-state index in [-0.39, 0.29) is 36.4 Å². The number of hydrogen-bond donors (Lipinski definition) is 4. The van der Waals surface area contributed by atoms with Gasteiger partial charge in [-0.1, -0.05) is 54.9 Å². The highest BCUT2D eigenvalue weighted by Crippen LogP contribution is 2.42. The molecule has 2 aliphatic heterocycles. The molecule has 0 bridgehead atoms. The Morgan fingerprint density at radius 2 is 1.67 bits per heavy atom.